The summed E-state index contributed by atoms with van der Waals surface area (Å²) in [6.45, 7) is -0.158. The van der Waals surface area contributed by atoms with E-state index in [-0.39, 0.29) is 23.8 Å². The number of fused-ring (bicyclic) bond motifs is 1. The number of benzene rings is 1. The largest absolute Gasteiger partial charge is 0.467 e. The molecule has 3 aromatic rings. The molecule has 1 aromatic carbocycles. The number of carbonyl (C=O) groups is 1. The Bertz CT molecular complexity index is 1150. The van der Waals surface area contributed by atoms with Gasteiger partial charge in [-0.2, -0.15) is 23.3 Å². The number of nitrogens with zero attached hydrogens (tertiary/aromatic N) is 5. The summed E-state index contributed by atoms with van der Waals surface area (Å²) >= 11 is 0. The summed E-state index contributed by atoms with van der Waals surface area (Å²) in [5, 5.41) is 7.96. The molecule has 1 aliphatic rings. The molecule has 0 aliphatic carbocycles. The summed E-state index contributed by atoms with van der Waals surface area (Å²) in [6.07, 6.45) is -2.83. The SMILES string of the molecule is COC(=O)C1CCCc2nn(Cc3noc(-c4cccc(C(F)(F)F)c4)n3)c(=O)n21. The van der Waals surface area contributed by atoms with Crippen molar-refractivity contribution < 1.29 is 27.2 Å². The van der Waals surface area contributed by atoms with Crippen LogP contribution in [0.1, 0.15) is 36.1 Å². The smallest absolute Gasteiger partial charge is 0.416 e. The van der Waals surface area contributed by atoms with Crippen molar-refractivity contribution in [1.82, 2.24) is 24.5 Å². The van der Waals surface area contributed by atoms with E-state index in [1.54, 1.807) is 0 Å². The molecule has 0 radical (unpaired) electrons. The molecule has 1 aliphatic heterocycles. The first-order chi connectivity index (χ1) is 14.3. The number of aromatic nitrogens is 5. The number of aryl methyl sites for hydroxylation is 1. The van der Waals surface area contributed by atoms with Crippen molar-refractivity contribution in [3.63, 3.8) is 0 Å². The maximum absolute atomic E-state index is 12.9. The Balaban J connectivity index is 1.61. The third kappa shape index (κ3) is 3.60. The van der Waals surface area contributed by atoms with Gasteiger partial charge < -0.3 is 9.26 Å². The first-order valence-electron chi connectivity index (χ1n) is 9.04. The number of hydrogen-bond donors (Lipinski definition) is 0. The molecule has 3 heterocycles. The van der Waals surface area contributed by atoms with Crippen LogP contribution in [-0.4, -0.2) is 37.6 Å². The number of halogens is 3. The maximum atomic E-state index is 12.9. The van der Waals surface area contributed by atoms with Crippen LogP contribution < -0.4 is 5.69 Å². The zero-order valence-electron chi connectivity index (χ0n) is 15.7. The van der Waals surface area contributed by atoms with Gasteiger partial charge in [-0.3, -0.25) is 4.57 Å². The van der Waals surface area contributed by atoms with E-state index in [9.17, 15) is 22.8 Å². The number of ether oxygens (including phenoxy) is 1. The molecule has 9 nitrogen and oxygen atoms in total. The molecule has 0 bridgehead atoms. The number of carbonyl (C=O) groups excluding carboxylic acids is 1. The molecule has 1 unspecified atom stereocenters. The number of esters is 1. The fourth-order valence-corrected chi connectivity index (χ4v) is 3.39. The maximum Gasteiger partial charge on any atom is 0.416 e. The van der Waals surface area contributed by atoms with Gasteiger partial charge in [0.2, 0.25) is 0 Å². The molecule has 158 valence electrons. The highest BCUT2D eigenvalue weighted by atomic mass is 19.4. The van der Waals surface area contributed by atoms with Gasteiger partial charge in [0, 0.05) is 12.0 Å². The Hall–Kier alpha value is -3.44. The average Bonchev–Trinajstić information content (AvgIpc) is 3.32. The molecule has 4 rings (SSSR count). The van der Waals surface area contributed by atoms with Gasteiger partial charge >= 0.3 is 17.8 Å². The molecule has 0 N–H and O–H groups in total. The highest BCUT2D eigenvalue weighted by Gasteiger charge is 2.32. The third-order valence-corrected chi connectivity index (χ3v) is 4.80. The normalized spacial score (nSPS) is 16.3. The van der Waals surface area contributed by atoms with E-state index in [0.717, 1.165) is 16.8 Å². The van der Waals surface area contributed by atoms with Gasteiger partial charge in [0.15, 0.2) is 5.82 Å². The Morgan fingerprint density at radius 2 is 2.17 bits per heavy atom. The van der Waals surface area contributed by atoms with E-state index in [2.05, 4.69) is 15.2 Å². The molecule has 0 saturated heterocycles. The van der Waals surface area contributed by atoms with E-state index < -0.39 is 29.4 Å². The van der Waals surface area contributed by atoms with Crippen molar-refractivity contribution in [2.75, 3.05) is 7.11 Å². The third-order valence-electron chi connectivity index (χ3n) is 4.80. The van der Waals surface area contributed by atoms with Crippen LogP contribution in [0, 0.1) is 0 Å². The molecule has 0 amide bonds. The van der Waals surface area contributed by atoms with Crippen molar-refractivity contribution in [1.29, 1.82) is 0 Å². The van der Waals surface area contributed by atoms with Crippen LogP contribution in [0.15, 0.2) is 33.6 Å². The highest BCUT2D eigenvalue weighted by Crippen LogP contribution is 2.31. The fraction of sp³-hybridized carbons (Fsp3) is 0.389. The minimum atomic E-state index is -4.50. The van der Waals surface area contributed by atoms with Crippen LogP contribution in [0.2, 0.25) is 0 Å². The number of rotatable bonds is 4. The van der Waals surface area contributed by atoms with E-state index in [1.807, 2.05) is 0 Å². The molecule has 2 aromatic heterocycles. The minimum Gasteiger partial charge on any atom is -0.467 e. The van der Waals surface area contributed by atoms with Gasteiger partial charge in [-0.25, -0.2) is 14.3 Å². The number of alkyl halides is 3. The molecule has 0 saturated carbocycles. The quantitative estimate of drug-likeness (QED) is 0.593. The van der Waals surface area contributed by atoms with Gasteiger partial charge in [-0.15, -0.1) is 0 Å². The van der Waals surface area contributed by atoms with Gasteiger partial charge in [-0.05, 0) is 31.0 Å². The lowest BCUT2D eigenvalue weighted by Gasteiger charge is -2.20. The van der Waals surface area contributed by atoms with Gasteiger partial charge in [0.1, 0.15) is 18.4 Å². The molecule has 0 fully saturated rings. The molecule has 0 spiro atoms. The first kappa shape index (κ1) is 19.9. The standard InChI is InChI=1S/C18H16F3N5O4/c1-29-16(27)12-6-3-7-14-23-25(17(28)26(12)14)9-13-22-15(30-24-13)10-4-2-5-11(8-10)18(19,20)21/h2,4-5,8,12H,3,6-7,9H2,1H3. The molecular weight excluding hydrogens is 407 g/mol. The molecule has 30 heavy (non-hydrogen) atoms. The van der Waals surface area contributed by atoms with E-state index in [1.165, 1.54) is 23.8 Å². The van der Waals surface area contributed by atoms with E-state index >= 15 is 0 Å². The lowest BCUT2D eigenvalue weighted by molar-refractivity contribution is -0.145. The summed E-state index contributed by atoms with van der Waals surface area (Å²) in [6, 6.07) is 3.75. The minimum absolute atomic E-state index is 0.0644. The van der Waals surface area contributed by atoms with Crippen molar-refractivity contribution in [2.24, 2.45) is 0 Å². The zero-order chi connectivity index (χ0) is 21.5. The molecule has 12 heteroatoms. The Labute approximate surface area is 167 Å². The van der Waals surface area contributed by atoms with Crippen molar-refractivity contribution in [2.45, 2.75) is 38.0 Å². The Morgan fingerprint density at radius 1 is 1.37 bits per heavy atom. The van der Waals surface area contributed by atoms with Crippen molar-refractivity contribution >= 4 is 5.97 Å². The number of methoxy groups -OCH3 is 1. The van der Waals surface area contributed by atoms with Crippen LogP contribution >= 0.6 is 0 Å². The lowest BCUT2D eigenvalue weighted by atomic mass is 10.1. The van der Waals surface area contributed by atoms with Crippen LogP contribution in [0.3, 0.4) is 0 Å². The second-order valence-corrected chi connectivity index (χ2v) is 6.75. The molecule has 1 atom stereocenters. The topological polar surface area (TPSA) is 105 Å². The van der Waals surface area contributed by atoms with Crippen LogP contribution in [0.25, 0.3) is 11.5 Å². The lowest BCUT2D eigenvalue weighted by Crippen LogP contribution is -2.35. The number of hydrogen-bond acceptors (Lipinski definition) is 7. The summed E-state index contributed by atoms with van der Waals surface area (Å²) < 4.78 is 50.9. The van der Waals surface area contributed by atoms with Gasteiger partial charge in [-0.1, -0.05) is 11.2 Å². The molecular formula is C18H16F3N5O4. The van der Waals surface area contributed by atoms with E-state index in [4.69, 9.17) is 9.26 Å². The predicted molar refractivity (Wildman–Crippen MR) is 94.3 cm³/mol. The first-order valence-corrected chi connectivity index (χ1v) is 9.04. The summed E-state index contributed by atoms with van der Waals surface area (Å²) in [7, 11) is 1.25. The Kier molecular flexibility index (Phi) is 4.92. The predicted octanol–water partition coefficient (Wildman–Crippen LogP) is 2.21. The highest BCUT2D eigenvalue weighted by molar-refractivity contribution is 5.74. The monoisotopic (exact) mass is 423 g/mol. The van der Waals surface area contributed by atoms with Gasteiger partial charge in [0.05, 0.1) is 12.7 Å². The van der Waals surface area contributed by atoms with Gasteiger partial charge in [0.25, 0.3) is 5.89 Å². The zero-order valence-corrected chi connectivity index (χ0v) is 15.7. The van der Waals surface area contributed by atoms with Crippen LogP contribution in [0.4, 0.5) is 13.2 Å². The van der Waals surface area contributed by atoms with Crippen molar-refractivity contribution in [3.8, 4) is 11.5 Å². The van der Waals surface area contributed by atoms with E-state index in [0.29, 0.717) is 25.1 Å². The summed E-state index contributed by atoms with van der Waals surface area (Å²) in [5.41, 5.74) is -1.26. The average molecular weight is 423 g/mol. The second-order valence-electron chi connectivity index (χ2n) is 6.75. The summed E-state index contributed by atoms with van der Waals surface area (Å²) in [5.74, 6) is -0.123. The van der Waals surface area contributed by atoms with Crippen LogP contribution in [-0.2, 0) is 28.7 Å². The summed E-state index contributed by atoms with van der Waals surface area (Å²) in [4.78, 5) is 28.8. The second kappa shape index (κ2) is 7.43. The fourth-order valence-electron chi connectivity index (χ4n) is 3.39. The van der Waals surface area contributed by atoms with Crippen molar-refractivity contribution in [3.05, 3.63) is 52.0 Å². The van der Waals surface area contributed by atoms with Crippen LogP contribution in [0.5, 0.6) is 0 Å². The Morgan fingerprint density at radius 3 is 2.90 bits per heavy atom.